The van der Waals surface area contributed by atoms with Gasteiger partial charge in [-0.15, -0.1) is 0 Å². The van der Waals surface area contributed by atoms with E-state index in [1.54, 1.807) is 0 Å². The van der Waals surface area contributed by atoms with Gasteiger partial charge in [-0.25, -0.2) is 0 Å². The molecule has 0 fully saturated rings. The average Bonchev–Trinajstić information content (AvgIpc) is 2.71. The predicted molar refractivity (Wildman–Crippen MR) is 84.9 cm³/mol. The summed E-state index contributed by atoms with van der Waals surface area (Å²) in [5.41, 5.74) is 4.84. The molecule has 0 saturated heterocycles. The van der Waals surface area contributed by atoms with Crippen molar-refractivity contribution < 1.29 is 0 Å². The summed E-state index contributed by atoms with van der Waals surface area (Å²) in [6, 6.07) is 6.62. The van der Waals surface area contributed by atoms with Crippen LogP contribution in [0.1, 0.15) is 30.9 Å². The number of nitrogens with zero attached hydrogens (tertiary/aromatic N) is 2. The van der Waals surface area contributed by atoms with Crippen molar-refractivity contribution in [2.24, 2.45) is 0 Å². The Labute approximate surface area is 123 Å². The van der Waals surface area contributed by atoms with Gasteiger partial charge < -0.3 is 4.90 Å². The van der Waals surface area contributed by atoms with Gasteiger partial charge in [0.1, 0.15) is 0 Å². The highest BCUT2D eigenvalue weighted by atomic mass is 79.9. The molecule has 1 aromatic heterocycles. The van der Waals surface area contributed by atoms with E-state index in [1.165, 1.54) is 16.7 Å². The topological polar surface area (TPSA) is 31.9 Å². The first-order valence-electron chi connectivity index (χ1n) is 6.44. The molecule has 0 aliphatic heterocycles. The zero-order valence-electron chi connectivity index (χ0n) is 12.1. The first-order valence-corrected chi connectivity index (χ1v) is 7.23. The van der Waals surface area contributed by atoms with Crippen molar-refractivity contribution in [1.29, 1.82) is 0 Å². The maximum absolute atomic E-state index is 4.36. The van der Waals surface area contributed by atoms with Gasteiger partial charge in [-0.2, -0.15) is 5.10 Å². The van der Waals surface area contributed by atoms with E-state index in [2.05, 4.69) is 65.1 Å². The molecule has 0 aliphatic carbocycles. The van der Waals surface area contributed by atoms with E-state index in [1.807, 2.05) is 19.0 Å². The number of aromatic nitrogens is 2. The van der Waals surface area contributed by atoms with Crippen LogP contribution in [0.2, 0.25) is 0 Å². The van der Waals surface area contributed by atoms with Gasteiger partial charge in [0.05, 0.1) is 10.2 Å². The Hall–Kier alpha value is -1.29. The Morgan fingerprint density at radius 2 is 1.95 bits per heavy atom. The summed E-state index contributed by atoms with van der Waals surface area (Å²) in [5.74, 6) is 1.44. The van der Waals surface area contributed by atoms with Crippen LogP contribution in [0, 0.1) is 6.92 Å². The van der Waals surface area contributed by atoms with Crippen molar-refractivity contribution >= 4 is 21.7 Å². The Morgan fingerprint density at radius 3 is 2.47 bits per heavy atom. The molecule has 3 nitrogen and oxygen atoms in total. The molecule has 0 spiro atoms. The van der Waals surface area contributed by atoms with E-state index in [9.17, 15) is 0 Å². The molecule has 0 aliphatic rings. The molecule has 2 rings (SSSR count). The lowest BCUT2D eigenvalue weighted by Crippen LogP contribution is -2.09. The molecule has 4 heteroatoms. The van der Waals surface area contributed by atoms with Crippen LogP contribution >= 0.6 is 15.9 Å². The number of benzene rings is 1. The van der Waals surface area contributed by atoms with Crippen LogP contribution in [0.25, 0.3) is 11.3 Å². The van der Waals surface area contributed by atoms with E-state index in [-0.39, 0.29) is 0 Å². The van der Waals surface area contributed by atoms with Gasteiger partial charge in [-0.1, -0.05) is 26.0 Å². The number of hydrogen-bond acceptors (Lipinski definition) is 2. The maximum atomic E-state index is 4.36. The molecule has 1 N–H and O–H groups in total. The van der Waals surface area contributed by atoms with Crippen molar-refractivity contribution in [3.05, 3.63) is 33.8 Å². The van der Waals surface area contributed by atoms with Gasteiger partial charge in [0.2, 0.25) is 0 Å². The van der Waals surface area contributed by atoms with Crippen LogP contribution in [0.3, 0.4) is 0 Å². The van der Waals surface area contributed by atoms with Crippen LogP contribution in [-0.2, 0) is 0 Å². The number of halogens is 1. The van der Waals surface area contributed by atoms with Gasteiger partial charge in [-0.05, 0) is 46.0 Å². The molecular weight excluding hydrogens is 302 g/mol. The average molecular weight is 322 g/mol. The van der Waals surface area contributed by atoms with Crippen molar-refractivity contribution in [1.82, 2.24) is 10.2 Å². The summed E-state index contributed by atoms with van der Waals surface area (Å²) >= 11 is 3.65. The fourth-order valence-electron chi connectivity index (χ4n) is 2.06. The Morgan fingerprint density at radius 1 is 1.26 bits per heavy atom. The lowest BCUT2D eigenvalue weighted by atomic mass is 9.96. The molecule has 2 aromatic rings. The molecule has 1 heterocycles. The lowest BCUT2D eigenvalue weighted by Gasteiger charge is -2.11. The summed E-state index contributed by atoms with van der Waals surface area (Å²) in [4.78, 5) is 1.99. The Kier molecular flexibility index (Phi) is 3.99. The molecule has 0 unspecified atom stereocenters. The van der Waals surface area contributed by atoms with E-state index in [0.29, 0.717) is 5.92 Å². The normalized spacial score (nSPS) is 11.1. The van der Waals surface area contributed by atoms with Gasteiger partial charge in [0.25, 0.3) is 0 Å². The minimum atomic E-state index is 0.523. The minimum Gasteiger partial charge on any atom is -0.360 e. The third-order valence-corrected chi connectivity index (χ3v) is 4.06. The summed E-state index contributed by atoms with van der Waals surface area (Å²) in [6.07, 6.45) is 0. The second kappa shape index (κ2) is 5.37. The molecule has 0 saturated carbocycles. The van der Waals surface area contributed by atoms with E-state index in [0.717, 1.165) is 16.0 Å². The quantitative estimate of drug-likeness (QED) is 0.912. The Balaban J connectivity index is 2.55. The zero-order chi connectivity index (χ0) is 14.2. The van der Waals surface area contributed by atoms with Crippen molar-refractivity contribution in [3.8, 4) is 11.3 Å². The molecule has 1 aromatic carbocycles. The van der Waals surface area contributed by atoms with Crippen LogP contribution in [-0.4, -0.2) is 24.3 Å². The molecule has 19 heavy (non-hydrogen) atoms. The third-order valence-electron chi connectivity index (χ3n) is 3.31. The smallest absolute Gasteiger partial charge is 0.164 e. The highest BCUT2D eigenvalue weighted by molar-refractivity contribution is 9.10. The second-order valence-corrected chi connectivity index (χ2v) is 6.15. The van der Waals surface area contributed by atoms with Gasteiger partial charge in [0.15, 0.2) is 5.82 Å². The number of H-pyrrole nitrogens is 1. The molecule has 102 valence electrons. The van der Waals surface area contributed by atoms with Crippen molar-refractivity contribution in [2.75, 3.05) is 19.0 Å². The summed E-state index contributed by atoms with van der Waals surface area (Å²) in [7, 11) is 3.98. The van der Waals surface area contributed by atoms with Gasteiger partial charge in [0, 0.05) is 19.7 Å². The molecule has 0 amide bonds. The molecule has 0 atom stereocenters. The van der Waals surface area contributed by atoms with Gasteiger partial charge in [-0.3, -0.25) is 5.10 Å². The summed E-state index contributed by atoms with van der Waals surface area (Å²) in [5, 5.41) is 7.50. The summed E-state index contributed by atoms with van der Waals surface area (Å²) in [6.45, 7) is 6.55. The first-order chi connectivity index (χ1) is 8.91. The van der Waals surface area contributed by atoms with E-state index < -0.39 is 0 Å². The van der Waals surface area contributed by atoms with Crippen molar-refractivity contribution in [3.63, 3.8) is 0 Å². The number of rotatable bonds is 3. The summed E-state index contributed by atoms with van der Waals surface area (Å²) < 4.78 is 1.02. The van der Waals surface area contributed by atoms with Crippen LogP contribution in [0.4, 0.5) is 5.82 Å². The molecular formula is C15H20BrN3. The number of nitrogens with one attached hydrogen (secondary N) is 1. The number of hydrogen-bond donors (Lipinski definition) is 1. The third kappa shape index (κ3) is 2.68. The number of anilines is 1. The zero-order valence-corrected chi connectivity index (χ0v) is 13.7. The highest BCUT2D eigenvalue weighted by Crippen LogP contribution is 2.35. The Bertz CT molecular complexity index is 585. The van der Waals surface area contributed by atoms with Crippen LogP contribution in [0.5, 0.6) is 0 Å². The number of aryl methyl sites for hydroxylation is 1. The highest BCUT2D eigenvalue weighted by Gasteiger charge is 2.16. The van der Waals surface area contributed by atoms with E-state index >= 15 is 0 Å². The van der Waals surface area contributed by atoms with Crippen molar-refractivity contribution in [2.45, 2.75) is 26.7 Å². The maximum Gasteiger partial charge on any atom is 0.164 e. The first kappa shape index (κ1) is 14.1. The molecule has 0 bridgehead atoms. The second-order valence-electron chi connectivity index (χ2n) is 5.36. The SMILES string of the molecule is Cc1ccc(C(C)C)cc1-c1[nH]nc(N(C)C)c1Br. The molecule has 0 radical (unpaired) electrons. The van der Waals surface area contributed by atoms with E-state index in [4.69, 9.17) is 0 Å². The monoisotopic (exact) mass is 321 g/mol. The lowest BCUT2D eigenvalue weighted by molar-refractivity contribution is 0.866. The van der Waals surface area contributed by atoms with Gasteiger partial charge >= 0.3 is 0 Å². The number of aromatic amines is 1. The fourth-order valence-corrected chi connectivity index (χ4v) is 2.81. The van der Waals surface area contributed by atoms with Crippen LogP contribution < -0.4 is 4.90 Å². The van der Waals surface area contributed by atoms with Crippen LogP contribution in [0.15, 0.2) is 22.7 Å². The standard InChI is InChI=1S/C15H20BrN3/c1-9(2)11-7-6-10(3)12(8-11)14-13(16)15(18-17-14)19(4)5/h6-9H,1-5H3,(H,17,18). The minimum absolute atomic E-state index is 0.523. The largest absolute Gasteiger partial charge is 0.360 e. The predicted octanol–water partition coefficient (Wildman–Crippen LogP) is 4.34. The fraction of sp³-hybridized carbons (Fsp3) is 0.400.